The monoisotopic (exact) mass is 257 g/mol. The molecule has 1 saturated heterocycles. The van der Waals surface area contributed by atoms with E-state index in [9.17, 15) is 0 Å². The van der Waals surface area contributed by atoms with Crippen molar-refractivity contribution in [1.29, 1.82) is 0 Å². The standard InChI is InChI=1S/C9H12BrN3O/c10-6-3-12-2-1-8(6)13-9-5-14-4-7(9)11/h1-3,7,9H,4-5,11H2,(H,12,13). The van der Waals surface area contributed by atoms with E-state index < -0.39 is 0 Å². The quantitative estimate of drug-likeness (QED) is 0.830. The molecule has 1 aromatic heterocycles. The Morgan fingerprint density at radius 1 is 1.57 bits per heavy atom. The van der Waals surface area contributed by atoms with Crippen LogP contribution in [0, 0.1) is 0 Å². The molecular formula is C9H12BrN3O. The SMILES string of the molecule is NC1COCC1Nc1ccncc1Br. The number of ether oxygens (including phenoxy) is 1. The first kappa shape index (κ1) is 9.89. The maximum absolute atomic E-state index is 5.86. The lowest BCUT2D eigenvalue weighted by Crippen LogP contribution is -2.38. The number of aromatic nitrogens is 1. The summed E-state index contributed by atoms with van der Waals surface area (Å²) in [6.45, 7) is 1.29. The van der Waals surface area contributed by atoms with Gasteiger partial charge in [-0.25, -0.2) is 0 Å². The lowest BCUT2D eigenvalue weighted by atomic mass is 10.2. The predicted molar refractivity (Wildman–Crippen MR) is 58.1 cm³/mol. The van der Waals surface area contributed by atoms with Crippen molar-refractivity contribution in [2.75, 3.05) is 18.5 Å². The highest BCUT2D eigenvalue weighted by Gasteiger charge is 2.24. The Hall–Kier alpha value is -0.650. The zero-order valence-electron chi connectivity index (χ0n) is 7.61. The third-order valence-corrected chi connectivity index (χ3v) is 2.87. The van der Waals surface area contributed by atoms with Crippen LogP contribution in [0.5, 0.6) is 0 Å². The molecule has 0 saturated carbocycles. The minimum atomic E-state index is 0.0649. The van der Waals surface area contributed by atoms with Crippen molar-refractivity contribution >= 4 is 21.6 Å². The molecule has 0 radical (unpaired) electrons. The van der Waals surface area contributed by atoms with Gasteiger partial charge in [0, 0.05) is 12.4 Å². The molecule has 1 aromatic rings. The Morgan fingerprint density at radius 2 is 2.43 bits per heavy atom. The summed E-state index contributed by atoms with van der Waals surface area (Å²) < 4.78 is 6.21. The molecule has 2 atom stereocenters. The van der Waals surface area contributed by atoms with E-state index in [1.807, 2.05) is 6.07 Å². The van der Waals surface area contributed by atoms with Crippen LogP contribution in [0.4, 0.5) is 5.69 Å². The minimum absolute atomic E-state index is 0.0649. The lowest BCUT2D eigenvalue weighted by Gasteiger charge is -2.17. The fraction of sp³-hybridized carbons (Fsp3) is 0.444. The van der Waals surface area contributed by atoms with E-state index >= 15 is 0 Å². The zero-order valence-corrected chi connectivity index (χ0v) is 9.20. The molecular weight excluding hydrogens is 246 g/mol. The maximum atomic E-state index is 5.86. The average molecular weight is 258 g/mol. The molecule has 1 fully saturated rings. The van der Waals surface area contributed by atoms with Crippen LogP contribution in [0.3, 0.4) is 0 Å². The van der Waals surface area contributed by atoms with E-state index in [0.29, 0.717) is 13.2 Å². The second-order valence-electron chi connectivity index (χ2n) is 3.31. The van der Waals surface area contributed by atoms with Gasteiger partial charge in [0.2, 0.25) is 0 Å². The van der Waals surface area contributed by atoms with Gasteiger partial charge in [-0.15, -0.1) is 0 Å². The van der Waals surface area contributed by atoms with E-state index in [4.69, 9.17) is 10.5 Å². The summed E-state index contributed by atoms with van der Waals surface area (Å²) in [5, 5.41) is 3.32. The summed E-state index contributed by atoms with van der Waals surface area (Å²) in [6.07, 6.45) is 3.50. The highest BCUT2D eigenvalue weighted by Crippen LogP contribution is 2.22. The topological polar surface area (TPSA) is 60.2 Å². The van der Waals surface area contributed by atoms with Crippen LogP contribution in [0.1, 0.15) is 0 Å². The van der Waals surface area contributed by atoms with E-state index in [0.717, 1.165) is 10.2 Å². The smallest absolute Gasteiger partial charge is 0.0684 e. The second-order valence-corrected chi connectivity index (χ2v) is 4.16. The van der Waals surface area contributed by atoms with Crippen molar-refractivity contribution in [3.8, 4) is 0 Å². The average Bonchev–Trinajstić information content (AvgIpc) is 2.56. The van der Waals surface area contributed by atoms with E-state index in [1.165, 1.54) is 0 Å². The number of nitrogens with zero attached hydrogens (tertiary/aromatic N) is 1. The molecule has 0 amide bonds. The van der Waals surface area contributed by atoms with E-state index in [1.54, 1.807) is 12.4 Å². The Morgan fingerprint density at radius 3 is 3.07 bits per heavy atom. The van der Waals surface area contributed by atoms with Crippen LogP contribution < -0.4 is 11.1 Å². The van der Waals surface area contributed by atoms with E-state index in [2.05, 4.69) is 26.2 Å². The Balaban J connectivity index is 2.07. The van der Waals surface area contributed by atoms with Crippen LogP contribution in [0.25, 0.3) is 0 Å². The van der Waals surface area contributed by atoms with Gasteiger partial charge in [-0.1, -0.05) is 0 Å². The molecule has 76 valence electrons. The van der Waals surface area contributed by atoms with Gasteiger partial charge in [0.15, 0.2) is 0 Å². The van der Waals surface area contributed by atoms with Crippen LogP contribution in [0.2, 0.25) is 0 Å². The number of anilines is 1. The molecule has 14 heavy (non-hydrogen) atoms. The van der Waals surface area contributed by atoms with Gasteiger partial charge in [0.05, 0.1) is 35.5 Å². The molecule has 1 aliphatic heterocycles. The lowest BCUT2D eigenvalue weighted by molar-refractivity contribution is 0.192. The zero-order chi connectivity index (χ0) is 9.97. The van der Waals surface area contributed by atoms with Crippen LogP contribution in [-0.2, 0) is 4.74 Å². The second kappa shape index (κ2) is 4.25. The number of hydrogen-bond acceptors (Lipinski definition) is 4. The van der Waals surface area contributed by atoms with Gasteiger partial charge in [-0.05, 0) is 22.0 Å². The maximum Gasteiger partial charge on any atom is 0.0684 e. The van der Waals surface area contributed by atoms with Gasteiger partial charge in [-0.2, -0.15) is 0 Å². The van der Waals surface area contributed by atoms with Crippen LogP contribution >= 0.6 is 15.9 Å². The van der Waals surface area contributed by atoms with Crippen molar-refractivity contribution in [2.24, 2.45) is 5.73 Å². The number of pyridine rings is 1. The normalized spacial score (nSPS) is 26.4. The van der Waals surface area contributed by atoms with Crippen LogP contribution in [0.15, 0.2) is 22.9 Å². The highest BCUT2D eigenvalue weighted by molar-refractivity contribution is 9.10. The van der Waals surface area contributed by atoms with Gasteiger partial charge >= 0.3 is 0 Å². The summed E-state index contributed by atoms with van der Waals surface area (Å²) in [4.78, 5) is 3.99. The first-order chi connectivity index (χ1) is 6.77. The molecule has 2 heterocycles. The van der Waals surface area contributed by atoms with Gasteiger partial charge in [0.25, 0.3) is 0 Å². The molecule has 1 aliphatic rings. The summed E-state index contributed by atoms with van der Waals surface area (Å²) in [5.41, 5.74) is 6.86. The van der Waals surface area contributed by atoms with Crippen molar-refractivity contribution in [1.82, 2.24) is 4.98 Å². The summed E-state index contributed by atoms with van der Waals surface area (Å²) in [7, 11) is 0. The number of nitrogens with two attached hydrogens (primary N) is 1. The minimum Gasteiger partial charge on any atom is -0.378 e. The number of hydrogen-bond donors (Lipinski definition) is 2. The van der Waals surface area contributed by atoms with Crippen LogP contribution in [-0.4, -0.2) is 30.3 Å². The third-order valence-electron chi connectivity index (χ3n) is 2.24. The predicted octanol–water partition coefficient (Wildman–Crippen LogP) is 0.982. The molecule has 0 aromatic carbocycles. The first-order valence-corrected chi connectivity index (χ1v) is 5.26. The first-order valence-electron chi connectivity index (χ1n) is 4.47. The molecule has 5 heteroatoms. The molecule has 3 N–H and O–H groups in total. The van der Waals surface area contributed by atoms with Crippen molar-refractivity contribution in [3.05, 3.63) is 22.9 Å². The van der Waals surface area contributed by atoms with E-state index in [-0.39, 0.29) is 12.1 Å². The Labute approximate surface area is 91.0 Å². The largest absolute Gasteiger partial charge is 0.378 e. The number of halogens is 1. The van der Waals surface area contributed by atoms with Gasteiger partial charge < -0.3 is 15.8 Å². The molecule has 2 rings (SSSR count). The Bertz CT molecular complexity index is 321. The van der Waals surface area contributed by atoms with Gasteiger partial charge in [0.1, 0.15) is 0 Å². The van der Waals surface area contributed by atoms with Crippen molar-refractivity contribution in [2.45, 2.75) is 12.1 Å². The number of nitrogens with one attached hydrogen (secondary N) is 1. The summed E-state index contributed by atoms with van der Waals surface area (Å²) in [5.74, 6) is 0. The third kappa shape index (κ3) is 2.05. The fourth-order valence-electron chi connectivity index (χ4n) is 1.41. The fourth-order valence-corrected chi connectivity index (χ4v) is 1.78. The van der Waals surface area contributed by atoms with Crippen molar-refractivity contribution in [3.63, 3.8) is 0 Å². The number of rotatable bonds is 2. The van der Waals surface area contributed by atoms with Crippen molar-refractivity contribution < 1.29 is 4.74 Å². The molecule has 0 spiro atoms. The summed E-state index contributed by atoms with van der Waals surface area (Å²) >= 11 is 3.42. The molecule has 0 bridgehead atoms. The molecule has 2 unspecified atom stereocenters. The highest BCUT2D eigenvalue weighted by atomic mass is 79.9. The van der Waals surface area contributed by atoms with Gasteiger partial charge in [-0.3, -0.25) is 4.98 Å². The molecule has 4 nitrogen and oxygen atoms in total. The Kier molecular flexibility index (Phi) is 3.00. The molecule has 0 aliphatic carbocycles. The summed E-state index contributed by atoms with van der Waals surface area (Å²) in [6, 6.07) is 2.17.